The third-order valence-electron chi connectivity index (χ3n) is 2.84. The molecule has 6 nitrogen and oxygen atoms in total. The summed E-state index contributed by atoms with van der Waals surface area (Å²) in [4.78, 5) is 23.6. The van der Waals surface area contributed by atoms with E-state index in [1.807, 2.05) is 12.1 Å². The van der Waals surface area contributed by atoms with Gasteiger partial charge in [-0.05, 0) is 17.7 Å². The molecule has 6 heteroatoms. The van der Waals surface area contributed by atoms with Gasteiger partial charge in [0.1, 0.15) is 0 Å². The Kier molecular flexibility index (Phi) is 3.89. The zero-order valence-electron chi connectivity index (χ0n) is 10.6. The Morgan fingerprint density at radius 2 is 2.00 bits per heavy atom. The molecular formula is C13H15NO5. The van der Waals surface area contributed by atoms with Crippen LogP contribution in [-0.2, 0) is 16.1 Å². The molecule has 0 saturated carbocycles. The Hall–Kier alpha value is -2.24. The van der Waals surface area contributed by atoms with Crippen LogP contribution in [0.3, 0.4) is 0 Å². The van der Waals surface area contributed by atoms with Crippen molar-refractivity contribution < 1.29 is 24.2 Å². The highest BCUT2D eigenvalue weighted by atomic mass is 16.7. The lowest BCUT2D eigenvalue weighted by Gasteiger charge is -2.17. The maximum absolute atomic E-state index is 11.7. The van der Waals surface area contributed by atoms with E-state index in [-0.39, 0.29) is 25.5 Å². The van der Waals surface area contributed by atoms with E-state index in [0.29, 0.717) is 18.0 Å². The topological polar surface area (TPSA) is 76.1 Å². The summed E-state index contributed by atoms with van der Waals surface area (Å²) >= 11 is 0. The van der Waals surface area contributed by atoms with Gasteiger partial charge in [0, 0.05) is 20.0 Å². The van der Waals surface area contributed by atoms with Crippen molar-refractivity contribution in [1.82, 2.24) is 4.90 Å². The molecule has 1 aliphatic rings. The van der Waals surface area contributed by atoms with Gasteiger partial charge >= 0.3 is 5.97 Å². The van der Waals surface area contributed by atoms with Gasteiger partial charge in [0.05, 0.1) is 6.42 Å². The number of amides is 1. The third kappa shape index (κ3) is 3.37. The highest BCUT2D eigenvalue weighted by molar-refractivity contribution is 5.80. The van der Waals surface area contributed by atoms with Gasteiger partial charge < -0.3 is 19.5 Å². The summed E-state index contributed by atoms with van der Waals surface area (Å²) in [6, 6.07) is 5.48. The number of carbonyl (C=O) groups excluding carboxylic acids is 1. The number of aliphatic carboxylic acids is 1. The van der Waals surface area contributed by atoms with Gasteiger partial charge in [-0.3, -0.25) is 9.59 Å². The maximum Gasteiger partial charge on any atom is 0.303 e. The van der Waals surface area contributed by atoms with Crippen molar-refractivity contribution in [2.45, 2.75) is 19.4 Å². The molecule has 19 heavy (non-hydrogen) atoms. The van der Waals surface area contributed by atoms with Crippen LogP contribution in [-0.4, -0.2) is 35.7 Å². The molecule has 1 aromatic rings. The van der Waals surface area contributed by atoms with Gasteiger partial charge in [-0.25, -0.2) is 0 Å². The Morgan fingerprint density at radius 3 is 2.74 bits per heavy atom. The lowest BCUT2D eigenvalue weighted by Crippen LogP contribution is -2.26. The van der Waals surface area contributed by atoms with E-state index in [4.69, 9.17) is 14.6 Å². The molecule has 0 bridgehead atoms. The molecule has 0 unspecified atom stereocenters. The number of rotatable bonds is 5. The first kappa shape index (κ1) is 13.2. The van der Waals surface area contributed by atoms with Crippen LogP contribution in [0.5, 0.6) is 11.5 Å². The Labute approximate surface area is 110 Å². The van der Waals surface area contributed by atoms with Crippen molar-refractivity contribution in [2.75, 3.05) is 13.8 Å². The number of carboxylic acids is 1. The minimum atomic E-state index is -0.968. The SMILES string of the molecule is CN(Cc1ccc2c(c1)OCO2)C(=O)CCC(=O)O. The van der Waals surface area contributed by atoms with E-state index in [9.17, 15) is 9.59 Å². The van der Waals surface area contributed by atoms with E-state index in [1.165, 1.54) is 4.90 Å². The fraction of sp³-hybridized carbons (Fsp3) is 0.385. The first-order valence-electron chi connectivity index (χ1n) is 5.90. The molecule has 102 valence electrons. The lowest BCUT2D eigenvalue weighted by atomic mass is 10.2. The predicted molar refractivity (Wildman–Crippen MR) is 65.9 cm³/mol. The molecule has 1 aromatic carbocycles. The number of hydrogen-bond donors (Lipinski definition) is 1. The number of fused-ring (bicyclic) bond motifs is 1. The number of carbonyl (C=O) groups is 2. The molecule has 0 atom stereocenters. The number of ether oxygens (including phenoxy) is 2. The van der Waals surface area contributed by atoms with Crippen molar-refractivity contribution in [3.05, 3.63) is 23.8 Å². The Balaban J connectivity index is 1.93. The zero-order chi connectivity index (χ0) is 13.8. The highest BCUT2D eigenvalue weighted by Gasteiger charge is 2.15. The molecule has 1 aliphatic heterocycles. The normalized spacial score (nSPS) is 12.3. The van der Waals surface area contributed by atoms with Crippen LogP contribution < -0.4 is 9.47 Å². The summed E-state index contributed by atoms with van der Waals surface area (Å²) in [6.07, 6.45) is -0.138. The van der Waals surface area contributed by atoms with Gasteiger partial charge in [-0.1, -0.05) is 6.07 Å². The van der Waals surface area contributed by atoms with Crippen LogP contribution in [0.25, 0.3) is 0 Å². The summed E-state index contributed by atoms with van der Waals surface area (Å²) < 4.78 is 10.5. The second kappa shape index (κ2) is 5.60. The Bertz CT molecular complexity index is 500. The molecule has 1 amide bonds. The van der Waals surface area contributed by atoms with E-state index in [0.717, 1.165) is 5.56 Å². The van der Waals surface area contributed by atoms with Crippen molar-refractivity contribution in [2.24, 2.45) is 0 Å². The van der Waals surface area contributed by atoms with Crippen molar-refractivity contribution in [3.63, 3.8) is 0 Å². The molecule has 1 N–H and O–H groups in total. The number of nitrogens with zero attached hydrogens (tertiary/aromatic N) is 1. The van der Waals surface area contributed by atoms with Crippen LogP contribution in [0.15, 0.2) is 18.2 Å². The summed E-state index contributed by atoms with van der Waals surface area (Å²) in [5, 5.41) is 8.54. The molecule has 0 aromatic heterocycles. The fourth-order valence-corrected chi connectivity index (χ4v) is 1.81. The number of benzene rings is 1. The van der Waals surface area contributed by atoms with E-state index < -0.39 is 5.97 Å². The quantitative estimate of drug-likeness (QED) is 0.866. The molecule has 0 spiro atoms. The zero-order valence-corrected chi connectivity index (χ0v) is 10.6. The summed E-state index contributed by atoms with van der Waals surface area (Å²) in [5.74, 6) is 0.206. The first-order chi connectivity index (χ1) is 9.06. The second-order valence-corrected chi connectivity index (χ2v) is 4.33. The second-order valence-electron chi connectivity index (χ2n) is 4.33. The summed E-state index contributed by atoms with van der Waals surface area (Å²) in [7, 11) is 1.65. The molecule has 1 heterocycles. The monoisotopic (exact) mass is 265 g/mol. The lowest BCUT2D eigenvalue weighted by molar-refractivity contribution is -0.140. The standard InChI is InChI=1S/C13H15NO5/c1-14(12(15)4-5-13(16)17)7-9-2-3-10-11(6-9)19-8-18-10/h2-3,6H,4-5,7-8H2,1H3,(H,16,17). The first-order valence-corrected chi connectivity index (χ1v) is 5.90. The molecule has 0 aliphatic carbocycles. The average molecular weight is 265 g/mol. The van der Waals surface area contributed by atoms with Crippen LogP contribution in [0.1, 0.15) is 18.4 Å². The van der Waals surface area contributed by atoms with E-state index >= 15 is 0 Å². The number of carboxylic acid groups (broad SMARTS) is 1. The molecule has 0 saturated heterocycles. The van der Waals surface area contributed by atoms with Gasteiger partial charge in [-0.2, -0.15) is 0 Å². The van der Waals surface area contributed by atoms with E-state index in [2.05, 4.69) is 0 Å². The molecule has 0 fully saturated rings. The predicted octanol–water partition coefficient (Wildman–Crippen LogP) is 1.24. The highest BCUT2D eigenvalue weighted by Crippen LogP contribution is 2.32. The molecule has 0 radical (unpaired) electrons. The summed E-state index contributed by atoms with van der Waals surface area (Å²) in [6.45, 7) is 0.626. The smallest absolute Gasteiger partial charge is 0.303 e. The summed E-state index contributed by atoms with van der Waals surface area (Å²) in [5.41, 5.74) is 0.912. The maximum atomic E-state index is 11.7. The largest absolute Gasteiger partial charge is 0.481 e. The van der Waals surface area contributed by atoms with Crippen LogP contribution in [0, 0.1) is 0 Å². The van der Waals surface area contributed by atoms with Crippen molar-refractivity contribution in [3.8, 4) is 11.5 Å². The van der Waals surface area contributed by atoms with Crippen molar-refractivity contribution >= 4 is 11.9 Å². The fourth-order valence-electron chi connectivity index (χ4n) is 1.81. The van der Waals surface area contributed by atoms with Crippen LogP contribution in [0.4, 0.5) is 0 Å². The van der Waals surface area contributed by atoms with Gasteiger partial charge in [0.2, 0.25) is 12.7 Å². The third-order valence-corrected chi connectivity index (χ3v) is 2.84. The number of hydrogen-bond acceptors (Lipinski definition) is 4. The van der Waals surface area contributed by atoms with Gasteiger partial charge in [-0.15, -0.1) is 0 Å². The van der Waals surface area contributed by atoms with Crippen LogP contribution in [0.2, 0.25) is 0 Å². The minimum Gasteiger partial charge on any atom is -0.481 e. The van der Waals surface area contributed by atoms with E-state index in [1.54, 1.807) is 13.1 Å². The van der Waals surface area contributed by atoms with Crippen LogP contribution >= 0.6 is 0 Å². The van der Waals surface area contributed by atoms with Gasteiger partial charge in [0.15, 0.2) is 11.5 Å². The Morgan fingerprint density at radius 1 is 1.26 bits per heavy atom. The minimum absolute atomic E-state index is 0.0103. The average Bonchev–Trinajstić information content (AvgIpc) is 2.83. The molecular weight excluding hydrogens is 250 g/mol. The van der Waals surface area contributed by atoms with Crippen molar-refractivity contribution in [1.29, 1.82) is 0 Å². The molecule has 2 rings (SSSR count). The van der Waals surface area contributed by atoms with Gasteiger partial charge in [0.25, 0.3) is 0 Å².